The molecule has 0 spiro atoms. The first kappa shape index (κ1) is 17.0. The molecule has 116 valence electrons. The van der Waals surface area contributed by atoms with Gasteiger partial charge in [-0.15, -0.1) is 0 Å². The molecule has 1 rings (SSSR count). The van der Waals surface area contributed by atoms with Gasteiger partial charge in [-0.2, -0.15) is 0 Å². The van der Waals surface area contributed by atoms with Gasteiger partial charge in [0.1, 0.15) is 5.75 Å². The molecule has 0 aromatic heterocycles. The molecule has 0 saturated carbocycles. The fraction of sp³-hybridized carbons (Fsp3) is 0.500. The lowest BCUT2D eigenvalue weighted by molar-refractivity contribution is -0.149. The zero-order chi connectivity index (χ0) is 15.9. The molecule has 0 heterocycles. The normalized spacial score (nSPS) is 10.9. The van der Waals surface area contributed by atoms with Crippen LogP contribution < -0.4 is 10.1 Å². The van der Waals surface area contributed by atoms with Crippen molar-refractivity contribution in [2.75, 3.05) is 18.5 Å². The molecule has 0 saturated heterocycles. The molecule has 5 nitrogen and oxygen atoms in total. The van der Waals surface area contributed by atoms with E-state index in [4.69, 9.17) is 9.47 Å². The van der Waals surface area contributed by atoms with Crippen LogP contribution in [0.2, 0.25) is 0 Å². The van der Waals surface area contributed by atoms with Crippen molar-refractivity contribution >= 4 is 17.6 Å². The van der Waals surface area contributed by atoms with Crippen molar-refractivity contribution in [2.24, 2.45) is 5.41 Å². The molecule has 0 unspecified atom stereocenters. The summed E-state index contributed by atoms with van der Waals surface area (Å²) in [6, 6.07) is 7.01. The van der Waals surface area contributed by atoms with Crippen molar-refractivity contribution in [3.63, 3.8) is 0 Å². The molecule has 0 atom stereocenters. The average Bonchev–Trinajstić information content (AvgIpc) is 2.37. The van der Waals surface area contributed by atoms with Gasteiger partial charge in [0.05, 0.1) is 13.0 Å². The zero-order valence-electron chi connectivity index (χ0n) is 13.1. The Hall–Kier alpha value is -2.04. The predicted octanol–water partition coefficient (Wildman–Crippen LogP) is 3.00. The number of rotatable bonds is 6. The fourth-order valence-corrected chi connectivity index (χ4v) is 1.63. The molecular formula is C16H23NO4. The molecule has 1 N–H and O–H groups in total. The molecule has 0 aliphatic carbocycles. The lowest BCUT2D eigenvalue weighted by Gasteiger charge is -2.16. The Morgan fingerprint density at radius 1 is 1.14 bits per heavy atom. The van der Waals surface area contributed by atoms with Gasteiger partial charge in [0.25, 0.3) is 5.91 Å². The van der Waals surface area contributed by atoms with Crippen molar-refractivity contribution in [3.8, 4) is 5.75 Å². The van der Waals surface area contributed by atoms with Crippen molar-refractivity contribution in [3.05, 3.63) is 24.3 Å². The molecular weight excluding hydrogens is 270 g/mol. The number of carbonyl (C=O) groups excluding carboxylic acids is 2. The standard InChI is InChI=1S/C16H23NO4/c1-5-20-13-8-6-12(7-9-13)17-14(18)11-21-15(19)10-16(2,3)4/h6-9H,5,10-11H2,1-4H3,(H,17,18). The lowest BCUT2D eigenvalue weighted by atomic mass is 9.93. The van der Waals surface area contributed by atoms with Crippen LogP contribution in [0.3, 0.4) is 0 Å². The number of carbonyl (C=O) groups is 2. The number of hydrogen-bond acceptors (Lipinski definition) is 4. The summed E-state index contributed by atoms with van der Waals surface area (Å²) in [4.78, 5) is 23.2. The largest absolute Gasteiger partial charge is 0.494 e. The predicted molar refractivity (Wildman–Crippen MR) is 81.3 cm³/mol. The highest BCUT2D eigenvalue weighted by Gasteiger charge is 2.17. The summed E-state index contributed by atoms with van der Waals surface area (Å²) in [5, 5.41) is 2.66. The second-order valence-electron chi connectivity index (χ2n) is 5.90. The minimum absolute atomic E-state index is 0.150. The van der Waals surface area contributed by atoms with Gasteiger partial charge in [-0.1, -0.05) is 20.8 Å². The van der Waals surface area contributed by atoms with Crippen LogP contribution in [0.1, 0.15) is 34.1 Å². The number of amides is 1. The minimum Gasteiger partial charge on any atom is -0.494 e. The van der Waals surface area contributed by atoms with Crippen LogP contribution in [0.25, 0.3) is 0 Å². The maximum absolute atomic E-state index is 11.7. The molecule has 5 heteroatoms. The summed E-state index contributed by atoms with van der Waals surface area (Å²) in [6.07, 6.45) is 0.281. The quantitative estimate of drug-likeness (QED) is 0.819. The molecule has 21 heavy (non-hydrogen) atoms. The van der Waals surface area contributed by atoms with E-state index in [9.17, 15) is 9.59 Å². The van der Waals surface area contributed by atoms with E-state index in [2.05, 4.69) is 5.32 Å². The van der Waals surface area contributed by atoms with Gasteiger partial charge >= 0.3 is 5.97 Å². The third kappa shape index (κ3) is 7.34. The molecule has 1 amide bonds. The van der Waals surface area contributed by atoms with Crippen molar-refractivity contribution < 1.29 is 19.1 Å². The van der Waals surface area contributed by atoms with E-state index in [0.29, 0.717) is 12.3 Å². The highest BCUT2D eigenvalue weighted by molar-refractivity contribution is 5.92. The van der Waals surface area contributed by atoms with Gasteiger partial charge in [-0.25, -0.2) is 0 Å². The second-order valence-corrected chi connectivity index (χ2v) is 5.90. The van der Waals surface area contributed by atoms with Gasteiger partial charge in [-0.3, -0.25) is 9.59 Å². The van der Waals surface area contributed by atoms with E-state index in [-0.39, 0.29) is 30.3 Å². The van der Waals surface area contributed by atoms with Gasteiger partial charge in [-0.05, 0) is 36.6 Å². The van der Waals surface area contributed by atoms with Gasteiger partial charge in [0.2, 0.25) is 0 Å². The fourth-order valence-electron chi connectivity index (χ4n) is 1.63. The van der Waals surface area contributed by atoms with Crippen LogP contribution in [-0.4, -0.2) is 25.1 Å². The van der Waals surface area contributed by atoms with Gasteiger partial charge in [0, 0.05) is 5.69 Å². The number of nitrogens with one attached hydrogen (secondary N) is 1. The topological polar surface area (TPSA) is 64.6 Å². The number of benzene rings is 1. The maximum atomic E-state index is 11.7. The van der Waals surface area contributed by atoms with E-state index in [1.807, 2.05) is 27.7 Å². The first-order valence-electron chi connectivity index (χ1n) is 6.98. The Kier molecular flexibility index (Phi) is 6.21. The van der Waals surface area contributed by atoms with Crippen molar-refractivity contribution in [1.82, 2.24) is 0 Å². The average molecular weight is 293 g/mol. The lowest BCUT2D eigenvalue weighted by Crippen LogP contribution is -2.23. The monoisotopic (exact) mass is 293 g/mol. The summed E-state index contributed by atoms with van der Waals surface area (Å²) < 4.78 is 10.2. The van der Waals surface area contributed by atoms with Crippen LogP contribution in [-0.2, 0) is 14.3 Å². The first-order chi connectivity index (χ1) is 9.80. The maximum Gasteiger partial charge on any atom is 0.306 e. The summed E-state index contributed by atoms with van der Waals surface area (Å²) >= 11 is 0. The molecule has 0 radical (unpaired) electrons. The zero-order valence-corrected chi connectivity index (χ0v) is 13.1. The molecule has 0 aliphatic heterocycles. The van der Waals surface area contributed by atoms with Gasteiger partial charge in [0.15, 0.2) is 6.61 Å². The van der Waals surface area contributed by atoms with E-state index in [0.717, 1.165) is 5.75 Å². The summed E-state index contributed by atoms with van der Waals surface area (Å²) in [5.74, 6) is 0.0119. The SMILES string of the molecule is CCOc1ccc(NC(=O)COC(=O)CC(C)(C)C)cc1. The van der Waals surface area contributed by atoms with Crippen LogP contribution in [0.4, 0.5) is 5.69 Å². The first-order valence-corrected chi connectivity index (χ1v) is 6.98. The molecule has 0 fully saturated rings. The smallest absolute Gasteiger partial charge is 0.306 e. The number of ether oxygens (including phenoxy) is 2. The Labute approximate surface area is 125 Å². The highest BCUT2D eigenvalue weighted by atomic mass is 16.5. The second kappa shape index (κ2) is 7.67. The highest BCUT2D eigenvalue weighted by Crippen LogP contribution is 2.19. The van der Waals surface area contributed by atoms with E-state index >= 15 is 0 Å². The number of esters is 1. The van der Waals surface area contributed by atoms with Crippen molar-refractivity contribution in [2.45, 2.75) is 34.1 Å². The van der Waals surface area contributed by atoms with E-state index < -0.39 is 0 Å². The third-order valence-electron chi connectivity index (χ3n) is 2.49. The minimum atomic E-state index is -0.371. The van der Waals surface area contributed by atoms with Crippen molar-refractivity contribution in [1.29, 1.82) is 0 Å². The summed E-state index contributed by atoms with van der Waals surface area (Å²) in [5.41, 5.74) is 0.484. The number of anilines is 1. The Balaban J connectivity index is 2.38. The van der Waals surface area contributed by atoms with Crippen LogP contribution in [0.5, 0.6) is 5.75 Å². The molecule has 0 bridgehead atoms. The van der Waals surface area contributed by atoms with E-state index in [1.165, 1.54) is 0 Å². The Bertz CT molecular complexity index is 474. The molecule has 1 aromatic carbocycles. The molecule has 1 aromatic rings. The summed E-state index contributed by atoms with van der Waals surface area (Å²) in [6.45, 7) is 8.04. The van der Waals surface area contributed by atoms with E-state index in [1.54, 1.807) is 24.3 Å². The van der Waals surface area contributed by atoms with Crippen LogP contribution in [0.15, 0.2) is 24.3 Å². The number of hydrogen-bond donors (Lipinski definition) is 1. The summed E-state index contributed by atoms with van der Waals surface area (Å²) in [7, 11) is 0. The Morgan fingerprint density at radius 3 is 2.29 bits per heavy atom. The van der Waals surface area contributed by atoms with Gasteiger partial charge < -0.3 is 14.8 Å². The Morgan fingerprint density at radius 2 is 1.76 bits per heavy atom. The molecule has 0 aliphatic rings. The van der Waals surface area contributed by atoms with Crippen LogP contribution >= 0.6 is 0 Å². The third-order valence-corrected chi connectivity index (χ3v) is 2.49. The van der Waals surface area contributed by atoms with Crippen LogP contribution in [0, 0.1) is 5.41 Å².